The van der Waals surface area contributed by atoms with Crippen LogP contribution in [-0.2, 0) is 4.79 Å². The maximum absolute atomic E-state index is 12.3. The molecule has 8 heteroatoms. The van der Waals surface area contributed by atoms with Crippen molar-refractivity contribution in [2.45, 2.75) is 32.6 Å². The molecule has 1 fully saturated rings. The van der Waals surface area contributed by atoms with Crippen LogP contribution in [0.15, 0.2) is 24.5 Å². The van der Waals surface area contributed by atoms with Crippen molar-refractivity contribution in [1.29, 1.82) is 0 Å². The van der Waals surface area contributed by atoms with E-state index >= 15 is 0 Å². The Kier molecular flexibility index (Phi) is 6.74. The molecule has 1 aliphatic rings. The number of nitrogens with one attached hydrogen (secondary N) is 1. The van der Waals surface area contributed by atoms with Gasteiger partial charge in [-0.05, 0) is 40.8 Å². The van der Waals surface area contributed by atoms with Gasteiger partial charge in [-0.15, -0.1) is 11.3 Å². The molecule has 2 aromatic rings. The fourth-order valence-corrected chi connectivity index (χ4v) is 4.03. The summed E-state index contributed by atoms with van der Waals surface area (Å²) in [6, 6.07) is 0. The summed E-state index contributed by atoms with van der Waals surface area (Å²) in [4.78, 5) is 31.1. The first kappa shape index (κ1) is 20.4. The molecule has 1 saturated heterocycles. The predicted molar refractivity (Wildman–Crippen MR) is 113 cm³/mol. The lowest BCUT2D eigenvalue weighted by Crippen LogP contribution is -2.37. The molecule has 7 nitrogen and oxygen atoms in total. The average Bonchev–Trinajstić information content (AvgIpc) is 2.99. The van der Waals surface area contributed by atoms with Crippen LogP contribution < -0.4 is 5.32 Å². The van der Waals surface area contributed by atoms with Crippen molar-refractivity contribution in [2.24, 2.45) is 0 Å². The van der Waals surface area contributed by atoms with E-state index in [2.05, 4.69) is 27.2 Å². The number of hydrogen-bond acceptors (Lipinski definition) is 7. The highest BCUT2D eigenvalue weighted by Gasteiger charge is 2.26. The number of amides is 1. The van der Waals surface area contributed by atoms with Crippen molar-refractivity contribution in [2.75, 3.05) is 39.0 Å². The number of anilines is 2. The van der Waals surface area contributed by atoms with E-state index in [0.717, 1.165) is 54.8 Å². The molecule has 150 valence electrons. The molecule has 0 bridgehead atoms. The van der Waals surface area contributed by atoms with Gasteiger partial charge in [-0.25, -0.2) is 9.97 Å². The summed E-state index contributed by atoms with van der Waals surface area (Å²) in [5, 5.41) is 4.18. The number of hydrogen-bond donors (Lipinski definition) is 1. The molecule has 0 spiro atoms. The molecule has 0 aliphatic carbocycles. The van der Waals surface area contributed by atoms with E-state index in [-0.39, 0.29) is 11.8 Å². The fourth-order valence-electron chi connectivity index (χ4n) is 3.21. The maximum atomic E-state index is 12.3. The second-order valence-corrected chi connectivity index (χ2v) is 8.54. The van der Waals surface area contributed by atoms with E-state index < -0.39 is 0 Å². The van der Waals surface area contributed by atoms with Gasteiger partial charge in [0.2, 0.25) is 5.91 Å². The minimum absolute atomic E-state index is 0.0894. The molecule has 1 amide bonds. The van der Waals surface area contributed by atoms with Crippen LogP contribution in [0, 0.1) is 13.8 Å². The van der Waals surface area contributed by atoms with Gasteiger partial charge >= 0.3 is 0 Å². The predicted octanol–water partition coefficient (Wildman–Crippen LogP) is 3.12. The van der Waals surface area contributed by atoms with Gasteiger partial charge in [-0.3, -0.25) is 9.78 Å². The van der Waals surface area contributed by atoms with E-state index in [1.165, 1.54) is 4.88 Å². The first-order valence-electron chi connectivity index (χ1n) is 9.56. The van der Waals surface area contributed by atoms with Gasteiger partial charge in [0.05, 0.1) is 11.4 Å². The maximum Gasteiger partial charge on any atom is 0.246 e. The number of aryl methyl sites for hydroxylation is 2. The lowest BCUT2D eigenvalue weighted by molar-refractivity contribution is -0.127. The molecule has 0 aromatic carbocycles. The standard InChI is InChI=1S/C20H28N6OS/c1-14-15(2)28-20(23-14)24-19-18(21-9-10-22-19)16-7-12-26(13-8-16)17(27)6-5-11-25(3)4/h5-6,9-10,16H,7-8,11-13H2,1-4H3,(H,22,23,24)/b6-5+. The first-order chi connectivity index (χ1) is 13.4. The monoisotopic (exact) mass is 400 g/mol. The molecular weight excluding hydrogens is 372 g/mol. The van der Waals surface area contributed by atoms with E-state index in [0.29, 0.717) is 0 Å². The van der Waals surface area contributed by atoms with Crippen LogP contribution in [0.1, 0.15) is 35.0 Å². The van der Waals surface area contributed by atoms with Gasteiger partial charge in [0, 0.05) is 48.9 Å². The molecule has 0 radical (unpaired) electrons. The lowest BCUT2D eigenvalue weighted by Gasteiger charge is -2.31. The fraction of sp³-hybridized carbons (Fsp3) is 0.500. The smallest absolute Gasteiger partial charge is 0.246 e. The van der Waals surface area contributed by atoms with Crippen molar-refractivity contribution in [3.63, 3.8) is 0 Å². The largest absolute Gasteiger partial charge is 0.339 e. The summed E-state index contributed by atoms with van der Waals surface area (Å²) in [5.41, 5.74) is 2.00. The highest BCUT2D eigenvalue weighted by atomic mass is 32.1. The SMILES string of the molecule is Cc1nc(Nc2nccnc2C2CCN(C(=O)/C=C/CN(C)C)CC2)sc1C. The van der Waals surface area contributed by atoms with Crippen LogP contribution in [-0.4, -0.2) is 64.4 Å². The van der Waals surface area contributed by atoms with Crippen LogP contribution >= 0.6 is 11.3 Å². The number of rotatable bonds is 6. The molecule has 1 N–H and O–H groups in total. The number of carbonyl (C=O) groups excluding carboxylic acids is 1. The molecule has 2 aromatic heterocycles. The third-order valence-corrected chi connectivity index (χ3v) is 5.89. The minimum atomic E-state index is 0.0894. The van der Waals surface area contributed by atoms with Crippen molar-refractivity contribution in [3.05, 3.63) is 40.8 Å². The zero-order valence-corrected chi connectivity index (χ0v) is 17.8. The Bertz CT molecular complexity index is 819. The van der Waals surface area contributed by atoms with Crippen LogP contribution in [0.5, 0.6) is 0 Å². The lowest BCUT2D eigenvalue weighted by atomic mass is 9.93. The van der Waals surface area contributed by atoms with Crippen molar-refractivity contribution < 1.29 is 4.79 Å². The zero-order chi connectivity index (χ0) is 20.1. The molecular formula is C20H28N6OS. The molecule has 0 saturated carbocycles. The molecule has 28 heavy (non-hydrogen) atoms. The second-order valence-electron chi connectivity index (χ2n) is 7.34. The Morgan fingerprint density at radius 3 is 2.64 bits per heavy atom. The van der Waals surface area contributed by atoms with Gasteiger partial charge in [-0.1, -0.05) is 6.08 Å². The molecule has 1 aliphatic heterocycles. The van der Waals surface area contributed by atoms with Crippen LogP contribution in [0.3, 0.4) is 0 Å². The van der Waals surface area contributed by atoms with Gasteiger partial charge in [0.1, 0.15) is 0 Å². The third kappa shape index (κ3) is 5.14. The number of piperidine rings is 1. The average molecular weight is 401 g/mol. The Hall–Kier alpha value is -2.32. The second kappa shape index (κ2) is 9.25. The van der Waals surface area contributed by atoms with E-state index in [9.17, 15) is 4.79 Å². The molecule has 0 unspecified atom stereocenters. The summed E-state index contributed by atoms with van der Waals surface area (Å²) < 4.78 is 0. The van der Waals surface area contributed by atoms with Gasteiger partial charge in [0.15, 0.2) is 10.9 Å². The van der Waals surface area contributed by atoms with Crippen LogP contribution in [0.25, 0.3) is 0 Å². The molecule has 3 rings (SSSR count). The van der Waals surface area contributed by atoms with Gasteiger partial charge < -0.3 is 15.1 Å². The van der Waals surface area contributed by atoms with Crippen LogP contribution in [0.4, 0.5) is 10.9 Å². The van der Waals surface area contributed by atoms with Crippen molar-refractivity contribution in [1.82, 2.24) is 24.8 Å². The topological polar surface area (TPSA) is 74.2 Å². The van der Waals surface area contributed by atoms with E-state index in [1.54, 1.807) is 29.8 Å². The van der Waals surface area contributed by atoms with Gasteiger partial charge in [-0.2, -0.15) is 0 Å². The third-order valence-electron chi connectivity index (χ3n) is 4.90. The highest BCUT2D eigenvalue weighted by molar-refractivity contribution is 7.15. The van der Waals surface area contributed by atoms with Crippen molar-refractivity contribution >= 4 is 28.2 Å². The van der Waals surface area contributed by atoms with E-state index in [1.807, 2.05) is 36.9 Å². The van der Waals surface area contributed by atoms with Gasteiger partial charge in [0.25, 0.3) is 0 Å². The Balaban J connectivity index is 1.63. The number of carbonyl (C=O) groups is 1. The normalized spacial score (nSPS) is 15.5. The minimum Gasteiger partial charge on any atom is -0.339 e. The summed E-state index contributed by atoms with van der Waals surface area (Å²) in [6.07, 6.45) is 8.81. The molecule has 0 atom stereocenters. The Morgan fingerprint density at radius 1 is 1.29 bits per heavy atom. The Labute approximate surface area is 170 Å². The number of likely N-dealkylation sites (tertiary alicyclic amines) is 1. The number of likely N-dealkylation sites (N-methyl/N-ethyl adjacent to an activating group) is 1. The van der Waals surface area contributed by atoms with Crippen LogP contribution in [0.2, 0.25) is 0 Å². The molecule has 3 heterocycles. The van der Waals surface area contributed by atoms with Crippen molar-refractivity contribution in [3.8, 4) is 0 Å². The summed E-state index contributed by atoms with van der Waals surface area (Å²) in [7, 11) is 3.97. The zero-order valence-electron chi connectivity index (χ0n) is 17.0. The Morgan fingerprint density at radius 2 is 2.00 bits per heavy atom. The number of nitrogens with zero attached hydrogens (tertiary/aromatic N) is 5. The summed E-state index contributed by atoms with van der Waals surface area (Å²) >= 11 is 1.62. The quantitative estimate of drug-likeness (QED) is 0.751. The van der Waals surface area contributed by atoms with E-state index in [4.69, 9.17) is 0 Å². The number of thiazole rings is 1. The highest BCUT2D eigenvalue weighted by Crippen LogP contribution is 2.32. The number of aromatic nitrogens is 3. The summed E-state index contributed by atoms with van der Waals surface area (Å²) in [5.74, 6) is 1.14. The summed E-state index contributed by atoms with van der Waals surface area (Å²) in [6.45, 7) is 6.32. The first-order valence-corrected chi connectivity index (χ1v) is 10.4.